The van der Waals surface area contributed by atoms with Gasteiger partial charge in [0.15, 0.2) is 0 Å². The Kier molecular flexibility index (Phi) is 3.85. The first-order valence-electron chi connectivity index (χ1n) is 6.39. The van der Waals surface area contributed by atoms with Gasteiger partial charge in [0.1, 0.15) is 5.82 Å². The third-order valence-electron chi connectivity index (χ3n) is 3.46. The second-order valence-electron chi connectivity index (χ2n) is 5.40. The summed E-state index contributed by atoms with van der Waals surface area (Å²) in [5.41, 5.74) is 5.91. The lowest BCUT2D eigenvalue weighted by atomic mass is 10.00. The Morgan fingerprint density at radius 3 is 2.80 bits per heavy atom. The number of ether oxygens (including phenoxy) is 2. The van der Waals surface area contributed by atoms with Crippen LogP contribution in [-0.4, -0.2) is 38.4 Å². The van der Waals surface area contributed by atoms with Gasteiger partial charge in [-0.15, -0.1) is 0 Å². The fraction of sp³-hybridized carbons (Fsp3) is 0.500. The summed E-state index contributed by atoms with van der Waals surface area (Å²) in [6.45, 7) is 5.47. The van der Waals surface area contributed by atoms with Crippen molar-refractivity contribution in [2.75, 3.05) is 37.5 Å². The molecule has 0 unspecified atom stereocenters. The van der Waals surface area contributed by atoms with Crippen LogP contribution in [-0.2, 0) is 9.47 Å². The molecule has 0 aromatic heterocycles. The highest BCUT2D eigenvalue weighted by Gasteiger charge is 2.33. The summed E-state index contributed by atoms with van der Waals surface area (Å²) in [6, 6.07) is 2.61. The SMILES string of the molecule is COC(=O)c1cc(N2CCOCC2(C)C)c(F)cc1N. The molecule has 20 heavy (non-hydrogen) atoms. The van der Waals surface area contributed by atoms with E-state index in [9.17, 15) is 9.18 Å². The number of nitrogen functional groups attached to an aromatic ring is 1. The van der Waals surface area contributed by atoms with Crippen LogP contribution in [0.1, 0.15) is 24.2 Å². The van der Waals surface area contributed by atoms with Crippen LogP contribution < -0.4 is 10.6 Å². The molecule has 0 saturated carbocycles. The zero-order valence-electron chi connectivity index (χ0n) is 11.9. The number of nitrogens with zero attached hydrogens (tertiary/aromatic N) is 1. The van der Waals surface area contributed by atoms with Crippen LogP contribution >= 0.6 is 0 Å². The van der Waals surface area contributed by atoms with Crippen LogP contribution in [0.5, 0.6) is 0 Å². The van der Waals surface area contributed by atoms with Gasteiger partial charge in [-0.1, -0.05) is 0 Å². The number of morpholine rings is 1. The molecular formula is C14H19FN2O3. The Balaban J connectivity index is 2.48. The second kappa shape index (κ2) is 5.28. The molecule has 5 nitrogen and oxygen atoms in total. The van der Waals surface area contributed by atoms with Crippen molar-refractivity contribution in [3.8, 4) is 0 Å². The topological polar surface area (TPSA) is 64.8 Å². The van der Waals surface area contributed by atoms with Crippen molar-refractivity contribution in [1.29, 1.82) is 0 Å². The average molecular weight is 282 g/mol. The Bertz CT molecular complexity index is 531. The molecule has 1 aromatic carbocycles. The van der Waals surface area contributed by atoms with Gasteiger partial charge in [0.05, 0.1) is 37.1 Å². The van der Waals surface area contributed by atoms with Gasteiger partial charge in [0.25, 0.3) is 0 Å². The lowest BCUT2D eigenvalue weighted by Gasteiger charge is -2.44. The van der Waals surface area contributed by atoms with Gasteiger partial charge in [-0.2, -0.15) is 0 Å². The van der Waals surface area contributed by atoms with Crippen molar-refractivity contribution < 1.29 is 18.7 Å². The van der Waals surface area contributed by atoms with Gasteiger partial charge in [-0.05, 0) is 26.0 Å². The Labute approximate surface area is 117 Å². The van der Waals surface area contributed by atoms with Crippen LogP contribution in [0.15, 0.2) is 12.1 Å². The van der Waals surface area contributed by atoms with E-state index < -0.39 is 11.8 Å². The standard InChI is InChI=1S/C14H19FN2O3/c1-14(2)8-20-5-4-17(14)12-6-9(13(18)19-3)11(16)7-10(12)15/h6-7H,4-5,8,16H2,1-3H3. The van der Waals surface area contributed by atoms with Gasteiger partial charge >= 0.3 is 5.97 Å². The number of benzene rings is 1. The lowest BCUT2D eigenvalue weighted by molar-refractivity contribution is 0.0600. The monoisotopic (exact) mass is 282 g/mol. The molecule has 1 saturated heterocycles. The molecule has 2 N–H and O–H groups in total. The molecule has 0 atom stereocenters. The number of carbonyl (C=O) groups excluding carboxylic acids is 1. The van der Waals surface area contributed by atoms with E-state index in [-0.39, 0.29) is 16.8 Å². The molecule has 2 rings (SSSR count). The molecule has 1 aliphatic rings. The quantitative estimate of drug-likeness (QED) is 0.662. The molecule has 0 bridgehead atoms. The highest BCUT2D eigenvalue weighted by Crippen LogP contribution is 2.32. The number of anilines is 2. The first kappa shape index (κ1) is 14.6. The predicted molar refractivity (Wildman–Crippen MR) is 74.4 cm³/mol. The number of halogens is 1. The van der Waals surface area contributed by atoms with Crippen LogP contribution in [0.3, 0.4) is 0 Å². The van der Waals surface area contributed by atoms with Crippen LogP contribution in [0.4, 0.5) is 15.8 Å². The van der Waals surface area contributed by atoms with Crippen LogP contribution in [0.2, 0.25) is 0 Å². The zero-order chi connectivity index (χ0) is 14.9. The van der Waals surface area contributed by atoms with Gasteiger partial charge in [0.2, 0.25) is 0 Å². The number of nitrogens with two attached hydrogens (primary N) is 1. The van der Waals surface area contributed by atoms with Gasteiger partial charge in [0, 0.05) is 12.2 Å². The average Bonchev–Trinajstić information content (AvgIpc) is 2.38. The Hall–Kier alpha value is -1.82. The number of hydrogen-bond donors (Lipinski definition) is 1. The lowest BCUT2D eigenvalue weighted by Crippen LogP contribution is -2.53. The maximum atomic E-state index is 14.2. The number of methoxy groups -OCH3 is 1. The van der Waals surface area contributed by atoms with Crippen molar-refractivity contribution in [1.82, 2.24) is 0 Å². The third kappa shape index (κ3) is 2.56. The number of hydrogen-bond acceptors (Lipinski definition) is 5. The highest BCUT2D eigenvalue weighted by molar-refractivity contribution is 5.96. The summed E-state index contributed by atoms with van der Waals surface area (Å²) in [7, 11) is 1.27. The molecule has 0 spiro atoms. The molecule has 110 valence electrons. The third-order valence-corrected chi connectivity index (χ3v) is 3.46. The minimum atomic E-state index is -0.574. The van der Waals surface area contributed by atoms with E-state index in [1.54, 1.807) is 0 Å². The fourth-order valence-electron chi connectivity index (χ4n) is 2.38. The predicted octanol–water partition coefficient (Wildman–Crippen LogP) is 1.81. The van der Waals surface area contributed by atoms with Crippen LogP contribution in [0, 0.1) is 5.82 Å². The van der Waals surface area contributed by atoms with Gasteiger partial charge in [-0.3, -0.25) is 0 Å². The molecule has 1 aromatic rings. The fourth-order valence-corrected chi connectivity index (χ4v) is 2.38. The van der Waals surface area contributed by atoms with Crippen molar-refractivity contribution in [2.24, 2.45) is 0 Å². The van der Waals surface area contributed by atoms with E-state index >= 15 is 0 Å². The van der Waals surface area contributed by atoms with E-state index in [1.807, 2.05) is 18.7 Å². The number of carbonyl (C=O) groups is 1. The summed E-state index contributed by atoms with van der Waals surface area (Å²) < 4.78 is 24.3. The van der Waals surface area contributed by atoms with Crippen LogP contribution in [0.25, 0.3) is 0 Å². The van der Waals surface area contributed by atoms with Crippen molar-refractivity contribution >= 4 is 17.3 Å². The summed E-state index contributed by atoms with van der Waals surface area (Å²) >= 11 is 0. The van der Waals surface area contributed by atoms with Crippen molar-refractivity contribution in [3.05, 3.63) is 23.5 Å². The first-order chi connectivity index (χ1) is 9.36. The van der Waals surface area contributed by atoms with E-state index in [1.165, 1.54) is 13.2 Å². The molecule has 1 fully saturated rings. The summed E-state index contributed by atoms with van der Waals surface area (Å²) in [6.07, 6.45) is 0. The molecule has 6 heteroatoms. The maximum absolute atomic E-state index is 14.2. The Morgan fingerprint density at radius 1 is 1.50 bits per heavy atom. The largest absolute Gasteiger partial charge is 0.465 e. The number of esters is 1. The van der Waals surface area contributed by atoms with E-state index in [0.29, 0.717) is 25.4 Å². The maximum Gasteiger partial charge on any atom is 0.340 e. The molecule has 0 aliphatic carbocycles. The van der Waals surface area contributed by atoms with E-state index in [2.05, 4.69) is 4.74 Å². The molecule has 0 amide bonds. The molecular weight excluding hydrogens is 263 g/mol. The minimum absolute atomic E-state index is 0.0733. The zero-order valence-corrected chi connectivity index (χ0v) is 11.9. The first-order valence-corrected chi connectivity index (χ1v) is 6.39. The second-order valence-corrected chi connectivity index (χ2v) is 5.40. The van der Waals surface area contributed by atoms with Gasteiger partial charge in [-0.25, -0.2) is 9.18 Å². The van der Waals surface area contributed by atoms with E-state index in [0.717, 1.165) is 6.07 Å². The van der Waals surface area contributed by atoms with Gasteiger partial charge < -0.3 is 20.1 Å². The van der Waals surface area contributed by atoms with Crippen molar-refractivity contribution in [3.63, 3.8) is 0 Å². The normalized spacial score (nSPS) is 17.9. The highest BCUT2D eigenvalue weighted by atomic mass is 19.1. The Morgan fingerprint density at radius 2 is 2.20 bits per heavy atom. The minimum Gasteiger partial charge on any atom is -0.465 e. The smallest absolute Gasteiger partial charge is 0.340 e. The van der Waals surface area contributed by atoms with Crippen molar-refractivity contribution in [2.45, 2.75) is 19.4 Å². The molecule has 1 heterocycles. The van der Waals surface area contributed by atoms with E-state index in [4.69, 9.17) is 10.5 Å². The molecule has 1 aliphatic heterocycles. The molecule has 0 radical (unpaired) electrons. The number of rotatable bonds is 2. The summed E-state index contributed by atoms with van der Waals surface area (Å²) in [5.74, 6) is -1.03. The summed E-state index contributed by atoms with van der Waals surface area (Å²) in [5, 5.41) is 0. The summed E-state index contributed by atoms with van der Waals surface area (Å²) in [4.78, 5) is 13.6.